The fourth-order valence-corrected chi connectivity index (χ4v) is 3.39. The van der Waals surface area contributed by atoms with E-state index in [4.69, 9.17) is 17.3 Å². The summed E-state index contributed by atoms with van der Waals surface area (Å²) in [5.41, 5.74) is 5.46. The fraction of sp³-hybridized carbons (Fsp3) is 0.538. The van der Waals surface area contributed by atoms with Gasteiger partial charge < -0.3 is 10.6 Å². The SMILES string of the molecule is CCN(CC)CCNS(=O)(=O)c1cc(Cl)cc(CN)c1F. The third-order valence-electron chi connectivity index (χ3n) is 3.20. The van der Waals surface area contributed by atoms with Gasteiger partial charge in [-0.1, -0.05) is 25.4 Å². The Labute approximate surface area is 130 Å². The van der Waals surface area contributed by atoms with E-state index in [9.17, 15) is 12.8 Å². The summed E-state index contributed by atoms with van der Waals surface area (Å²) in [7, 11) is -3.95. The Morgan fingerprint density at radius 3 is 2.48 bits per heavy atom. The molecule has 0 fully saturated rings. The highest BCUT2D eigenvalue weighted by molar-refractivity contribution is 7.89. The smallest absolute Gasteiger partial charge is 0.243 e. The molecule has 120 valence electrons. The average Bonchev–Trinajstić information content (AvgIpc) is 2.45. The van der Waals surface area contributed by atoms with Crippen LogP contribution in [-0.4, -0.2) is 39.5 Å². The zero-order valence-corrected chi connectivity index (χ0v) is 13.8. The molecule has 5 nitrogen and oxygen atoms in total. The van der Waals surface area contributed by atoms with E-state index in [0.29, 0.717) is 6.54 Å². The van der Waals surface area contributed by atoms with E-state index in [1.54, 1.807) is 0 Å². The van der Waals surface area contributed by atoms with Gasteiger partial charge in [0.05, 0.1) is 0 Å². The Hall–Kier alpha value is -0.730. The first-order valence-electron chi connectivity index (χ1n) is 6.75. The molecule has 1 aromatic rings. The van der Waals surface area contributed by atoms with Crippen molar-refractivity contribution in [3.63, 3.8) is 0 Å². The number of hydrogen-bond donors (Lipinski definition) is 2. The lowest BCUT2D eigenvalue weighted by Crippen LogP contribution is -2.35. The van der Waals surface area contributed by atoms with Gasteiger partial charge in [-0.15, -0.1) is 0 Å². The summed E-state index contributed by atoms with van der Waals surface area (Å²) in [6.45, 7) is 6.26. The van der Waals surface area contributed by atoms with Gasteiger partial charge in [0.1, 0.15) is 10.7 Å². The minimum Gasteiger partial charge on any atom is -0.326 e. The molecule has 0 saturated carbocycles. The average molecular weight is 338 g/mol. The predicted octanol–water partition coefficient (Wildman–Crippen LogP) is 1.56. The molecule has 3 N–H and O–H groups in total. The molecule has 0 aliphatic carbocycles. The highest BCUT2D eigenvalue weighted by Crippen LogP contribution is 2.23. The van der Waals surface area contributed by atoms with E-state index in [1.807, 2.05) is 13.8 Å². The normalized spacial score (nSPS) is 12.1. The predicted molar refractivity (Wildman–Crippen MR) is 82.3 cm³/mol. The van der Waals surface area contributed by atoms with Crippen molar-refractivity contribution >= 4 is 21.6 Å². The second kappa shape index (κ2) is 8.05. The maximum atomic E-state index is 14.1. The lowest BCUT2D eigenvalue weighted by molar-refractivity contribution is 0.309. The first-order valence-corrected chi connectivity index (χ1v) is 8.61. The van der Waals surface area contributed by atoms with E-state index in [-0.39, 0.29) is 23.7 Å². The first-order chi connectivity index (χ1) is 9.85. The van der Waals surface area contributed by atoms with Gasteiger partial charge in [0.25, 0.3) is 0 Å². The molecule has 0 bridgehead atoms. The van der Waals surface area contributed by atoms with Crippen LogP contribution in [0.5, 0.6) is 0 Å². The van der Waals surface area contributed by atoms with Crippen LogP contribution in [0, 0.1) is 5.82 Å². The number of sulfonamides is 1. The Kier molecular flexibility index (Phi) is 7.02. The zero-order chi connectivity index (χ0) is 16.0. The lowest BCUT2D eigenvalue weighted by atomic mass is 10.2. The molecule has 0 spiro atoms. The Bertz CT molecular complexity index is 577. The number of likely N-dealkylation sites (N-methyl/N-ethyl adjacent to an activating group) is 1. The van der Waals surface area contributed by atoms with Gasteiger partial charge >= 0.3 is 0 Å². The maximum absolute atomic E-state index is 14.1. The topological polar surface area (TPSA) is 75.4 Å². The van der Waals surface area contributed by atoms with Gasteiger partial charge in [-0.3, -0.25) is 0 Å². The molecule has 0 aliphatic rings. The van der Waals surface area contributed by atoms with Crippen molar-refractivity contribution in [3.8, 4) is 0 Å². The monoisotopic (exact) mass is 337 g/mol. The molecule has 1 rings (SSSR count). The second-order valence-electron chi connectivity index (χ2n) is 4.51. The highest BCUT2D eigenvalue weighted by Gasteiger charge is 2.22. The summed E-state index contributed by atoms with van der Waals surface area (Å²) in [5, 5.41) is 0.140. The molecular weight excluding hydrogens is 317 g/mol. The third-order valence-corrected chi connectivity index (χ3v) is 4.88. The number of nitrogens with two attached hydrogens (primary N) is 1. The quantitative estimate of drug-likeness (QED) is 0.755. The summed E-state index contributed by atoms with van der Waals surface area (Å²) in [6, 6.07) is 2.42. The summed E-state index contributed by atoms with van der Waals surface area (Å²) in [6.07, 6.45) is 0. The van der Waals surface area contributed by atoms with Crippen molar-refractivity contribution in [2.24, 2.45) is 5.73 Å². The summed E-state index contributed by atoms with van der Waals surface area (Å²) < 4.78 is 40.8. The molecule has 0 amide bonds. The van der Waals surface area contributed by atoms with E-state index in [1.165, 1.54) is 6.07 Å². The van der Waals surface area contributed by atoms with Crippen LogP contribution in [0.3, 0.4) is 0 Å². The van der Waals surface area contributed by atoms with Crippen molar-refractivity contribution in [1.29, 1.82) is 0 Å². The molecule has 0 unspecified atom stereocenters. The summed E-state index contributed by atoms with van der Waals surface area (Å²) in [4.78, 5) is 1.59. The van der Waals surface area contributed by atoms with Crippen LogP contribution in [-0.2, 0) is 16.6 Å². The van der Waals surface area contributed by atoms with E-state index < -0.39 is 20.7 Å². The maximum Gasteiger partial charge on any atom is 0.243 e. The van der Waals surface area contributed by atoms with Crippen LogP contribution in [0.25, 0.3) is 0 Å². The van der Waals surface area contributed by atoms with Crippen LogP contribution in [0.1, 0.15) is 19.4 Å². The fourth-order valence-electron chi connectivity index (χ4n) is 1.92. The standard InChI is InChI=1S/C13H21ClFN3O2S/c1-3-18(4-2)6-5-17-21(19,20)12-8-11(14)7-10(9-16)13(12)15/h7-8,17H,3-6,9,16H2,1-2H3. The highest BCUT2D eigenvalue weighted by atomic mass is 35.5. The number of nitrogens with zero attached hydrogens (tertiary/aromatic N) is 1. The molecule has 0 saturated heterocycles. The minimum absolute atomic E-state index is 0.0756. The van der Waals surface area contributed by atoms with Gasteiger partial charge in [-0.2, -0.15) is 0 Å². The molecule has 1 aromatic carbocycles. The summed E-state index contributed by atoms with van der Waals surface area (Å²) >= 11 is 5.81. The molecule has 0 aliphatic heterocycles. The number of hydrogen-bond acceptors (Lipinski definition) is 4. The van der Waals surface area contributed by atoms with Crippen LogP contribution in [0.4, 0.5) is 4.39 Å². The van der Waals surface area contributed by atoms with E-state index in [2.05, 4.69) is 9.62 Å². The van der Waals surface area contributed by atoms with E-state index >= 15 is 0 Å². The Morgan fingerprint density at radius 1 is 1.33 bits per heavy atom. The third kappa shape index (κ3) is 4.89. The number of benzene rings is 1. The van der Waals surface area contributed by atoms with Crippen molar-refractivity contribution in [2.45, 2.75) is 25.3 Å². The Balaban J connectivity index is 2.91. The molecule has 0 atom stereocenters. The molecule has 8 heteroatoms. The molecule has 0 radical (unpaired) electrons. The second-order valence-corrected chi connectivity index (χ2v) is 6.68. The first kappa shape index (κ1) is 18.3. The van der Waals surface area contributed by atoms with Crippen LogP contribution >= 0.6 is 11.6 Å². The largest absolute Gasteiger partial charge is 0.326 e. The van der Waals surface area contributed by atoms with Gasteiger partial charge in [0.2, 0.25) is 10.0 Å². The van der Waals surface area contributed by atoms with Crippen molar-refractivity contribution in [1.82, 2.24) is 9.62 Å². The summed E-state index contributed by atoms with van der Waals surface area (Å²) in [5.74, 6) is -0.850. The molecule has 0 heterocycles. The van der Waals surface area contributed by atoms with Crippen LogP contribution < -0.4 is 10.5 Å². The molecule has 0 aromatic heterocycles. The minimum atomic E-state index is -3.95. The van der Waals surface area contributed by atoms with Gasteiger partial charge in [-0.25, -0.2) is 17.5 Å². The van der Waals surface area contributed by atoms with Crippen molar-refractivity contribution in [3.05, 3.63) is 28.5 Å². The molecular formula is C13H21ClFN3O2S. The van der Waals surface area contributed by atoms with Gasteiger partial charge in [-0.05, 0) is 25.2 Å². The number of halogens is 2. The van der Waals surface area contributed by atoms with Gasteiger partial charge in [0, 0.05) is 30.2 Å². The molecule has 21 heavy (non-hydrogen) atoms. The van der Waals surface area contributed by atoms with E-state index in [0.717, 1.165) is 19.2 Å². The number of rotatable bonds is 8. The van der Waals surface area contributed by atoms with Gasteiger partial charge in [0.15, 0.2) is 0 Å². The van der Waals surface area contributed by atoms with Crippen molar-refractivity contribution in [2.75, 3.05) is 26.2 Å². The van der Waals surface area contributed by atoms with Crippen LogP contribution in [0.2, 0.25) is 5.02 Å². The number of nitrogens with one attached hydrogen (secondary N) is 1. The zero-order valence-electron chi connectivity index (χ0n) is 12.2. The van der Waals surface area contributed by atoms with Crippen LogP contribution in [0.15, 0.2) is 17.0 Å². The lowest BCUT2D eigenvalue weighted by Gasteiger charge is -2.18. The Morgan fingerprint density at radius 2 is 1.95 bits per heavy atom. The van der Waals surface area contributed by atoms with Crippen molar-refractivity contribution < 1.29 is 12.8 Å².